The van der Waals surface area contributed by atoms with Crippen molar-refractivity contribution in [2.75, 3.05) is 23.8 Å². The lowest BCUT2D eigenvalue weighted by Gasteiger charge is -2.32. The van der Waals surface area contributed by atoms with Gasteiger partial charge in [-0.05, 0) is 49.6 Å². The first-order valence-electron chi connectivity index (χ1n) is 12.2. The van der Waals surface area contributed by atoms with Gasteiger partial charge in [-0.25, -0.2) is 4.98 Å². The molecule has 1 atom stereocenters. The van der Waals surface area contributed by atoms with Crippen LogP contribution in [-0.4, -0.2) is 49.2 Å². The summed E-state index contributed by atoms with van der Waals surface area (Å²) in [6, 6.07) is 14.9. The highest BCUT2D eigenvalue weighted by molar-refractivity contribution is 6.00. The molecule has 0 radical (unpaired) electrons. The van der Waals surface area contributed by atoms with Crippen LogP contribution in [0.3, 0.4) is 0 Å². The number of amides is 1. The minimum atomic E-state index is -0.417. The van der Waals surface area contributed by atoms with E-state index in [1.165, 1.54) is 6.33 Å². The normalized spacial score (nSPS) is 14.9. The molecule has 0 saturated heterocycles. The van der Waals surface area contributed by atoms with Gasteiger partial charge in [-0.2, -0.15) is 9.97 Å². The molecule has 0 spiro atoms. The Morgan fingerprint density at radius 2 is 1.92 bits per heavy atom. The van der Waals surface area contributed by atoms with E-state index in [-0.39, 0.29) is 18.4 Å². The molecule has 0 bridgehead atoms. The lowest BCUT2D eigenvalue weighted by molar-refractivity contribution is 0.0619. The van der Waals surface area contributed by atoms with Gasteiger partial charge in [0, 0.05) is 24.0 Å². The molecule has 5 rings (SSSR count). The third-order valence-electron chi connectivity index (χ3n) is 6.61. The van der Waals surface area contributed by atoms with Crippen LogP contribution in [0, 0.1) is 0 Å². The van der Waals surface area contributed by atoms with E-state index >= 15 is 0 Å². The van der Waals surface area contributed by atoms with E-state index in [4.69, 9.17) is 4.52 Å². The first kappa shape index (κ1) is 24.4. The van der Waals surface area contributed by atoms with E-state index in [1.54, 1.807) is 6.20 Å². The molecule has 2 aromatic carbocycles. The Kier molecular flexibility index (Phi) is 6.58. The predicted molar refractivity (Wildman–Crippen MR) is 139 cm³/mol. The topological polar surface area (TPSA) is 129 Å². The minimum absolute atomic E-state index is 0.0519. The van der Waals surface area contributed by atoms with Crippen molar-refractivity contribution in [3.05, 3.63) is 77.7 Å². The number of fused-ring (bicyclic) bond motifs is 1. The molecule has 1 aliphatic rings. The number of aliphatic hydroxyl groups is 1. The molecule has 190 valence electrons. The Hall–Kier alpha value is -4.31. The Bertz CT molecular complexity index is 1390. The quantitative estimate of drug-likeness (QED) is 0.304. The van der Waals surface area contributed by atoms with Gasteiger partial charge in [0.15, 0.2) is 6.33 Å². The lowest BCUT2D eigenvalue weighted by Crippen LogP contribution is -2.39. The van der Waals surface area contributed by atoms with Crippen molar-refractivity contribution in [3.8, 4) is 11.5 Å². The van der Waals surface area contributed by atoms with Gasteiger partial charge in [-0.3, -0.25) is 4.79 Å². The fourth-order valence-electron chi connectivity index (χ4n) is 4.68. The maximum atomic E-state index is 12.9. The number of nitrogens with one attached hydrogen (secondary N) is 2. The molecule has 0 aliphatic carbocycles. The molecule has 0 saturated carbocycles. The standard InChI is InChI=1S/C27H29N7O3/c1-4-12-34-25(36)19-11-10-18(13-21(19)27(34,2)3)31-26-28-14-20(24-29-16-30-37-24)23(33-26)32-22(15-35)17-8-6-5-7-9-17/h5-11,13-14,16,22,35H,4,12,15H2,1-3H3,(H2,28,31,32,33)/t22-/m1/s1. The molecule has 3 heterocycles. The summed E-state index contributed by atoms with van der Waals surface area (Å²) in [5, 5.41) is 20.3. The summed E-state index contributed by atoms with van der Waals surface area (Å²) >= 11 is 0. The van der Waals surface area contributed by atoms with Crippen LogP contribution in [0.1, 0.15) is 54.7 Å². The molecular formula is C27H29N7O3. The molecular weight excluding hydrogens is 470 g/mol. The zero-order chi connectivity index (χ0) is 26.0. The molecule has 1 amide bonds. The molecule has 10 heteroatoms. The number of carbonyl (C=O) groups is 1. The zero-order valence-electron chi connectivity index (χ0n) is 21.0. The van der Waals surface area contributed by atoms with Crippen LogP contribution < -0.4 is 10.6 Å². The number of hydrogen-bond donors (Lipinski definition) is 3. The highest BCUT2D eigenvalue weighted by atomic mass is 16.5. The van der Waals surface area contributed by atoms with E-state index in [0.29, 0.717) is 29.4 Å². The van der Waals surface area contributed by atoms with Gasteiger partial charge >= 0.3 is 0 Å². The first-order chi connectivity index (χ1) is 17.9. The number of hydrogen-bond acceptors (Lipinski definition) is 9. The second kappa shape index (κ2) is 9.98. The number of anilines is 3. The molecule has 3 N–H and O–H groups in total. The Balaban J connectivity index is 1.47. The van der Waals surface area contributed by atoms with Crippen LogP contribution in [0.15, 0.2) is 65.6 Å². The summed E-state index contributed by atoms with van der Waals surface area (Å²) in [5.41, 5.74) is 3.43. The SMILES string of the molecule is CCCN1C(=O)c2ccc(Nc3ncc(-c4ncno4)c(N[C@H](CO)c4ccccc4)n3)cc2C1(C)C. The highest BCUT2D eigenvalue weighted by Crippen LogP contribution is 2.40. The number of nitrogens with zero attached hydrogens (tertiary/aromatic N) is 5. The summed E-state index contributed by atoms with van der Waals surface area (Å²) in [6.45, 7) is 6.74. The summed E-state index contributed by atoms with van der Waals surface area (Å²) in [7, 11) is 0. The van der Waals surface area contributed by atoms with Crippen molar-refractivity contribution in [3.63, 3.8) is 0 Å². The van der Waals surface area contributed by atoms with E-state index in [9.17, 15) is 9.90 Å². The second-order valence-electron chi connectivity index (χ2n) is 9.39. The average Bonchev–Trinajstić information content (AvgIpc) is 3.50. The lowest BCUT2D eigenvalue weighted by atomic mass is 9.93. The van der Waals surface area contributed by atoms with Crippen LogP contribution in [0.5, 0.6) is 0 Å². The summed E-state index contributed by atoms with van der Waals surface area (Å²) < 4.78 is 5.25. The number of benzene rings is 2. The van der Waals surface area contributed by atoms with Crippen LogP contribution >= 0.6 is 0 Å². The van der Waals surface area contributed by atoms with Crippen LogP contribution in [0.2, 0.25) is 0 Å². The van der Waals surface area contributed by atoms with E-state index in [1.807, 2.05) is 53.4 Å². The third-order valence-corrected chi connectivity index (χ3v) is 6.61. The van der Waals surface area contributed by atoms with Crippen LogP contribution in [0.25, 0.3) is 11.5 Å². The summed E-state index contributed by atoms with van der Waals surface area (Å²) in [4.78, 5) is 28.1. The van der Waals surface area contributed by atoms with Crippen molar-refractivity contribution >= 4 is 23.4 Å². The molecule has 2 aromatic heterocycles. The van der Waals surface area contributed by atoms with Crippen molar-refractivity contribution in [1.29, 1.82) is 0 Å². The van der Waals surface area contributed by atoms with Crippen LogP contribution in [-0.2, 0) is 5.54 Å². The smallest absolute Gasteiger partial charge is 0.262 e. The minimum Gasteiger partial charge on any atom is -0.394 e. The second-order valence-corrected chi connectivity index (χ2v) is 9.39. The van der Waals surface area contributed by atoms with Gasteiger partial charge in [0.05, 0.1) is 18.2 Å². The zero-order valence-corrected chi connectivity index (χ0v) is 21.0. The van der Waals surface area contributed by atoms with Gasteiger partial charge in [0.1, 0.15) is 11.4 Å². The van der Waals surface area contributed by atoms with Gasteiger partial charge in [-0.15, -0.1) is 0 Å². The maximum Gasteiger partial charge on any atom is 0.262 e. The Morgan fingerprint density at radius 1 is 1.11 bits per heavy atom. The third kappa shape index (κ3) is 4.63. The summed E-state index contributed by atoms with van der Waals surface area (Å²) in [6.07, 6.45) is 3.79. The van der Waals surface area contributed by atoms with Crippen LogP contribution in [0.4, 0.5) is 17.5 Å². The maximum absolute atomic E-state index is 12.9. The first-order valence-corrected chi connectivity index (χ1v) is 12.2. The fraction of sp³-hybridized carbons (Fsp3) is 0.296. The highest BCUT2D eigenvalue weighted by Gasteiger charge is 2.42. The monoisotopic (exact) mass is 499 g/mol. The fourth-order valence-corrected chi connectivity index (χ4v) is 4.68. The number of aromatic nitrogens is 4. The number of carbonyl (C=O) groups excluding carboxylic acids is 1. The van der Waals surface area contributed by atoms with Gasteiger partial charge < -0.3 is 25.2 Å². The van der Waals surface area contributed by atoms with Gasteiger partial charge in [-0.1, -0.05) is 42.4 Å². The van der Waals surface area contributed by atoms with Gasteiger partial charge in [0.2, 0.25) is 5.95 Å². The van der Waals surface area contributed by atoms with Crippen molar-refractivity contribution in [2.45, 2.75) is 38.8 Å². The average molecular weight is 500 g/mol. The molecule has 4 aromatic rings. The molecule has 0 fully saturated rings. The van der Waals surface area contributed by atoms with E-state index in [2.05, 4.69) is 51.5 Å². The summed E-state index contributed by atoms with van der Waals surface area (Å²) in [5.74, 6) is 1.07. The van der Waals surface area contributed by atoms with Crippen molar-refractivity contribution in [1.82, 2.24) is 25.0 Å². The molecule has 10 nitrogen and oxygen atoms in total. The van der Waals surface area contributed by atoms with E-state index in [0.717, 1.165) is 23.2 Å². The predicted octanol–water partition coefficient (Wildman–Crippen LogP) is 4.52. The van der Waals surface area contributed by atoms with Crippen molar-refractivity contribution in [2.24, 2.45) is 0 Å². The number of rotatable bonds is 9. The molecule has 0 unspecified atom stereocenters. The Morgan fingerprint density at radius 3 is 2.62 bits per heavy atom. The van der Waals surface area contributed by atoms with Crippen molar-refractivity contribution < 1.29 is 14.4 Å². The number of aliphatic hydroxyl groups excluding tert-OH is 1. The molecule has 1 aliphatic heterocycles. The molecule has 37 heavy (non-hydrogen) atoms. The largest absolute Gasteiger partial charge is 0.394 e. The van der Waals surface area contributed by atoms with E-state index < -0.39 is 11.6 Å². The van der Waals surface area contributed by atoms with Gasteiger partial charge in [0.25, 0.3) is 11.8 Å². The Labute approximate surface area is 214 Å².